The van der Waals surface area contributed by atoms with Crippen molar-refractivity contribution in [3.8, 4) is 21.9 Å². The number of carbonyl (C=O) groups is 1. The summed E-state index contributed by atoms with van der Waals surface area (Å²) in [5.41, 5.74) is 2.75. The first-order valence-corrected chi connectivity index (χ1v) is 14.2. The minimum atomic E-state index is -2.59. The van der Waals surface area contributed by atoms with Gasteiger partial charge in [0, 0.05) is 43.0 Å². The number of pyridine rings is 2. The van der Waals surface area contributed by atoms with Gasteiger partial charge in [0.2, 0.25) is 0 Å². The standard InChI is InChI=1S/C24H27N4O4PS/c1-7-25-23(29)17-10-15-16(12-28(4)24(30)20(15)27-17)22-18(11-19(34-22)33(5,6)31)32-21-13(2)8-9-26-14(21)3/h8-12,27H,7H2,1-6H3,(H,25,29). The van der Waals surface area contributed by atoms with Gasteiger partial charge in [-0.05, 0) is 51.8 Å². The van der Waals surface area contributed by atoms with Gasteiger partial charge in [0.25, 0.3) is 11.5 Å². The number of amides is 1. The highest BCUT2D eigenvalue weighted by atomic mass is 32.1. The molecule has 0 spiro atoms. The third-order valence-electron chi connectivity index (χ3n) is 5.50. The predicted molar refractivity (Wildman–Crippen MR) is 138 cm³/mol. The van der Waals surface area contributed by atoms with Crippen LogP contribution in [0.25, 0.3) is 21.3 Å². The topological polar surface area (TPSA) is 106 Å². The number of thiophene rings is 1. The monoisotopic (exact) mass is 498 g/mol. The van der Waals surface area contributed by atoms with Crippen LogP contribution >= 0.6 is 18.5 Å². The summed E-state index contributed by atoms with van der Waals surface area (Å²) in [4.78, 5) is 33.4. The number of H-pyrrole nitrogens is 1. The van der Waals surface area contributed by atoms with Gasteiger partial charge in [0.15, 0.2) is 5.75 Å². The first kappa shape index (κ1) is 24.0. The molecule has 1 amide bonds. The zero-order valence-corrected chi connectivity index (χ0v) is 21.7. The number of carbonyl (C=O) groups excluding carboxylic acids is 1. The van der Waals surface area contributed by atoms with Crippen molar-refractivity contribution in [1.82, 2.24) is 19.9 Å². The van der Waals surface area contributed by atoms with Crippen molar-refractivity contribution < 1.29 is 14.1 Å². The molecule has 0 radical (unpaired) electrons. The van der Waals surface area contributed by atoms with Crippen molar-refractivity contribution in [1.29, 1.82) is 0 Å². The van der Waals surface area contributed by atoms with Crippen LogP contribution in [-0.4, -0.2) is 40.3 Å². The largest absolute Gasteiger partial charge is 0.454 e. The van der Waals surface area contributed by atoms with Gasteiger partial charge in [0.1, 0.15) is 24.1 Å². The molecule has 4 aromatic rings. The molecular weight excluding hydrogens is 471 g/mol. The molecule has 8 nitrogen and oxygen atoms in total. The van der Waals surface area contributed by atoms with Gasteiger partial charge in [-0.2, -0.15) is 0 Å². The van der Waals surface area contributed by atoms with Crippen molar-refractivity contribution in [2.45, 2.75) is 20.8 Å². The maximum atomic E-state index is 13.0. The molecule has 0 aliphatic heterocycles. The van der Waals surface area contributed by atoms with Gasteiger partial charge in [-0.25, -0.2) is 0 Å². The number of aromatic amines is 1. The molecule has 10 heteroatoms. The lowest BCUT2D eigenvalue weighted by Gasteiger charge is -2.12. The normalized spacial score (nSPS) is 11.7. The number of hydrogen-bond donors (Lipinski definition) is 2. The summed E-state index contributed by atoms with van der Waals surface area (Å²) in [5, 5.41) is 3.35. The second-order valence-corrected chi connectivity index (χ2v) is 13.1. The molecule has 2 N–H and O–H groups in total. The first-order chi connectivity index (χ1) is 16.0. The number of nitrogens with zero attached hydrogens (tertiary/aromatic N) is 2. The summed E-state index contributed by atoms with van der Waals surface area (Å²) in [6, 6.07) is 5.36. The van der Waals surface area contributed by atoms with Crippen molar-refractivity contribution in [3.63, 3.8) is 0 Å². The van der Waals surface area contributed by atoms with Crippen molar-refractivity contribution >= 4 is 39.9 Å². The summed E-state index contributed by atoms with van der Waals surface area (Å²) in [6.45, 7) is 9.54. The molecule has 0 aliphatic carbocycles. The Labute approximate surface area is 201 Å². The van der Waals surface area contributed by atoms with Gasteiger partial charge >= 0.3 is 0 Å². The molecule has 34 heavy (non-hydrogen) atoms. The number of hydrogen-bond acceptors (Lipinski definition) is 6. The van der Waals surface area contributed by atoms with E-state index >= 15 is 0 Å². The molecule has 0 saturated carbocycles. The lowest BCUT2D eigenvalue weighted by Crippen LogP contribution is -2.23. The van der Waals surface area contributed by atoms with E-state index in [0.717, 1.165) is 16.1 Å². The van der Waals surface area contributed by atoms with Crippen LogP contribution in [0.5, 0.6) is 11.5 Å². The molecule has 4 aromatic heterocycles. The van der Waals surface area contributed by atoms with Crippen LogP contribution < -0.4 is 20.2 Å². The number of fused-ring (bicyclic) bond motifs is 1. The molecule has 0 unspecified atom stereocenters. The zero-order valence-electron chi connectivity index (χ0n) is 20.0. The van der Waals surface area contributed by atoms with Crippen LogP contribution in [0, 0.1) is 13.8 Å². The summed E-state index contributed by atoms with van der Waals surface area (Å²) >= 11 is 1.37. The quantitative estimate of drug-likeness (QED) is 0.384. The van der Waals surface area contributed by atoms with Gasteiger partial charge in [-0.3, -0.25) is 14.6 Å². The SMILES string of the molecule is CCNC(=O)c1cc2c(-c3sc(P(C)(C)=O)cc3Oc3c(C)ccnc3C)cn(C)c(=O)c2[nH]1. The summed E-state index contributed by atoms with van der Waals surface area (Å²) < 4.78 is 21.5. The smallest absolute Gasteiger partial charge is 0.274 e. The summed E-state index contributed by atoms with van der Waals surface area (Å²) in [5.74, 6) is 0.875. The van der Waals surface area contributed by atoms with E-state index in [1.807, 2.05) is 26.8 Å². The van der Waals surface area contributed by atoms with Gasteiger partial charge in [-0.15, -0.1) is 11.3 Å². The highest BCUT2D eigenvalue weighted by molar-refractivity contribution is 7.75. The van der Waals surface area contributed by atoms with Crippen LogP contribution in [0.1, 0.15) is 28.7 Å². The minimum absolute atomic E-state index is 0.246. The fourth-order valence-electron chi connectivity index (χ4n) is 3.73. The predicted octanol–water partition coefficient (Wildman–Crippen LogP) is 4.40. The van der Waals surface area contributed by atoms with Crippen LogP contribution in [-0.2, 0) is 11.6 Å². The average molecular weight is 499 g/mol. The molecule has 0 bridgehead atoms. The Hall–Kier alpha value is -3.16. The third-order valence-corrected chi connectivity index (χ3v) is 9.23. The minimum Gasteiger partial charge on any atom is -0.454 e. The van der Waals surface area contributed by atoms with E-state index in [9.17, 15) is 14.2 Å². The first-order valence-electron chi connectivity index (χ1n) is 10.8. The summed E-state index contributed by atoms with van der Waals surface area (Å²) in [6.07, 6.45) is 3.45. The van der Waals surface area contributed by atoms with Crippen molar-refractivity contribution in [3.05, 3.63) is 57.9 Å². The maximum Gasteiger partial charge on any atom is 0.274 e. The average Bonchev–Trinajstić information content (AvgIpc) is 3.39. The Kier molecular flexibility index (Phi) is 6.27. The Morgan fingerprint density at radius 3 is 2.68 bits per heavy atom. The van der Waals surface area contributed by atoms with Crippen molar-refractivity contribution in [2.24, 2.45) is 7.05 Å². The van der Waals surface area contributed by atoms with E-state index in [1.165, 1.54) is 15.9 Å². The number of nitrogens with one attached hydrogen (secondary N) is 2. The fourth-order valence-corrected chi connectivity index (χ4v) is 6.16. The van der Waals surface area contributed by atoms with E-state index in [4.69, 9.17) is 4.74 Å². The molecule has 0 aliphatic rings. The Balaban J connectivity index is 1.98. The van der Waals surface area contributed by atoms with Crippen LogP contribution in [0.2, 0.25) is 0 Å². The number of rotatable bonds is 6. The van der Waals surface area contributed by atoms with E-state index in [2.05, 4.69) is 15.3 Å². The van der Waals surface area contributed by atoms with Gasteiger partial charge < -0.3 is 24.2 Å². The highest BCUT2D eigenvalue weighted by Crippen LogP contribution is 2.47. The van der Waals surface area contributed by atoms with Gasteiger partial charge in [-0.1, -0.05) is 0 Å². The van der Waals surface area contributed by atoms with Gasteiger partial charge in [0.05, 0.1) is 15.2 Å². The Bertz CT molecular complexity index is 1510. The Morgan fingerprint density at radius 1 is 1.29 bits per heavy atom. The lowest BCUT2D eigenvalue weighted by atomic mass is 10.1. The lowest BCUT2D eigenvalue weighted by molar-refractivity contribution is 0.0951. The van der Waals surface area contributed by atoms with Crippen LogP contribution in [0.3, 0.4) is 0 Å². The van der Waals surface area contributed by atoms with E-state index in [1.54, 1.807) is 44.9 Å². The highest BCUT2D eigenvalue weighted by Gasteiger charge is 2.25. The van der Waals surface area contributed by atoms with E-state index < -0.39 is 7.14 Å². The fraction of sp³-hybridized carbons (Fsp3) is 0.292. The molecule has 0 saturated heterocycles. The molecule has 178 valence electrons. The maximum absolute atomic E-state index is 13.0. The van der Waals surface area contributed by atoms with Crippen molar-refractivity contribution in [2.75, 3.05) is 19.9 Å². The molecule has 0 aromatic carbocycles. The summed E-state index contributed by atoms with van der Waals surface area (Å²) in [7, 11) is -0.932. The number of aromatic nitrogens is 3. The number of aryl methyl sites for hydroxylation is 3. The van der Waals surface area contributed by atoms with E-state index in [0.29, 0.717) is 44.8 Å². The third kappa shape index (κ3) is 4.33. The van der Waals surface area contributed by atoms with Crippen LogP contribution in [0.4, 0.5) is 0 Å². The Morgan fingerprint density at radius 2 is 2.03 bits per heavy atom. The molecule has 4 rings (SSSR count). The molecular formula is C24H27N4O4PS. The molecule has 0 fully saturated rings. The van der Waals surface area contributed by atoms with E-state index in [-0.39, 0.29) is 11.5 Å². The second kappa shape index (κ2) is 8.89. The molecule has 0 atom stereocenters. The second-order valence-electron chi connectivity index (χ2n) is 8.56. The van der Waals surface area contributed by atoms with Crippen LogP contribution in [0.15, 0.2) is 35.4 Å². The number of ether oxygens (including phenoxy) is 1. The zero-order chi connectivity index (χ0) is 24.8. The molecule has 4 heterocycles.